The molecule has 4 amide bonds. The van der Waals surface area contributed by atoms with E-state index >= 15 is 0 Å². The van der Waals surface area contributed by atoms with Crippen molar-refractivity contribution in [2.45, 2.75) is 62.4 Å². The van der Waals surface area contributed by atoms with Gasteiger partial charge in [-0.2, -0.15) is 0 Å². The average Bonchev–Trinajstić information content (AvgIpc) is 3.76. The molecule has 7 rings (SSSR count). The molecule has 0 aliphatic carbocycles. The molecule has 310 valence electrons. The zero-order chi connectivity index (χ0) is 42.8. The molecule has 4 aromatic carbocycles. The third kappa shape index (κ3) is 11.5. The Balaban J connectivity index is 1.37. The van der Waals surface area contributed by atoms with Crippen molar-refractivity contribution < 1.29 is 49.2 Å². The van der Waals surface area contributed by atoms with Gasteiger partial charge in [-0.25, -0.2) is 0 Å². The molecule has 0 saturated carbocycles. The number of nitrogens with one attached hydrogen (secondary N) is 4. The summed E-state index contributed by atoms with van der Waals surface area (Å²) in [5, 5.41) is 53.8. The van der Waals surface area contributed by atoms with Crippen LogP contribution in [0.15, 0.2) is 121 Å². The fourth-order valence-corrected chi connectivity index (χ4v) is 7.60. The smallest absolute Gasteiger partial charge is 0.307 e. The molecular weight excluding hydrogens is 789 g/mol. The molecular formula is C45H44N4O10S. The second kappa shape index (κ2) is 19.8. The van der Waals surface area contributed by atoms with Crippen molar-refractivity contribution in [1.82, 2.24) is 16.0 Å². The van der Waals surface area contributed by atoms with Crippen LogP contribution in [0.1, 0.15) is 28.0 Å². The minimum atomic E-state index is -2.30. The summed E-state index contributed by atoms with van der Waals surface area (Å²) in [6.45, 7) is 0. The summed E-state index contributed by atoms with van der Waals surface area (Å²) in [4.78, 5) is 82.3. The number of carbonyl (C=O) groups is 6. The lowest BCUT2D eigenvalue weighted by atomic mass is 9.90. The van der Waals surface area contributed by atoms with Crippen LogP contribution in [-0.2, 0) is 54.5 Å². The van der Waals surface area contributed by atoms with Gasteiger partial charge in [0.2, 0.25) is 11.8 Å². The van der Waals surface area contributed by atoms with Crippen molar-refractivity contribution in [3.63, 3.8) is 0 Å². The molecule has 0 saturated heterocycles. The second-order valence-corrected chi connectivity index (χ2v) is 15.6. The number of carboxylic acids is 1. The van der Waals surface area contributed by atoms with E-state index in [1.54, 1.807) is 90.3 Å². The number of amides is 4. The number of aromatic hydroxyl groups is 1. The zero-order valence-electron chi connectivity index (χ0n) is 32.2. The van der Waals surface area contributed by atoms with Crippen LogP contribution in [0.5, 0.6) is 5.75 Å². The van der Waals surface area contributed by atoms with Gasteiger partial charge < -0.3 is 41.7 Å². The minimum Gasteiger partial charge on any atom is -0.508 e. The quantitative estimate of drug-likeness (QED) is 0.107. The topological polar surface area (TPSA) is 231 Å². The molecule has 6 atom stereocenters. The van der Waals surface area contributed by atoms with Crippen molar-refractivity contribution in [3.05, 3.63) is 142 Å². The highest BCUT2D eigenvalue weighted by atomic mass is 32.1. The lowest BCUT2D eigenvalue weighted by Crippen LogP contribution is -2.58. The molecule has 0 spiro atoms. The normalized spacial score (nSPS) is 22.1. The Bertz CT molecular complexity index is 2300. The third-order valence-electron chi connectivity index (χ3n) is 10.1. The minimum absolute atomic E-state index is 0.0166. The van der Waals surface area contributed by atoms with Crippen LogP contribution in [0.4, 0.5) is 5.69 Å². The van der Waals surface area contributed by atoms with Crippen LogP contribution in [0.25, 0.3) is 11.1 Å². The predicted octanol–water partition coefficient (Wildman–Crippen LogP) is 3.18. The molecule has 14 nitrogen and oxygen atoms in total. The summed E-state index contributed by atoms with van der Waals surface area (Å²) < 4.78 is 0. The molecule has 60 heavy (non-hydrogen) atoms. The first-order valence-corrected chi connectivity index (χ1v) is 20.1. The van der Waals surface area contributed by atoms with Crippen LogP contribution >= 0.6 is 11.3 Å². The summed E-state index contributed by atoms with van der Waals surface area (Å²) in [7, 11) is 0. The number of anilines is 1. The lowest BCUT2D eigenvalue weighted by molar-refractivity contribution is -0.145. The van der Waals surface area contributed by atoms with Crippen LogP contribution < -0.4 is 21.3 Å². The maximum absolute atomic E-state index is 14.4. The first-order valence-electron chi connectivity index (χ1n) is 19.2. The third-order valence-corrected chi connectivity index (χ3v) is 11.0. The van der Waals surface area contributed by atoms with Gasteiger partial charge in [0, 0.05) is 29.8 Å². The Morgan fingerprint density at radius 3 is 1.87 bits per heavy atom. The van der Waals surface area contributed by atoms with E-state index in [4.69, 9.17) is 0 Å². The molecule has 0 unspecified atom stereocenters. The number of hydrogen-bond donors (Lipinski definition) is 8. The highest BCUT2D eigenvalue weighted by molar-refractivity contribution is 7.09. The number of phenols is 1. The summed E-state index contributed by atoms with van der Waals surface area (Å²) >= 11 is 1.29. The number of benzene rings is 4. The molecule has 5 aromatic rings. The summed E-state index contributed by atoms with van der Waals surface area (Å²) in [5.74, 6) is -6.88. The Morgan fingerprint density at radius 2 is 1.22 bits per heavy atom. The summed E-state index contributed by atoms with van der Waals surface area (Å²) in [6, 6.07) is 28.0. The van der Waals surface area contributed by atoms with Crippen LogP contribution in [0, 0.1) is 5.92 Å². The average molecular weight is 833 g/mol. The van der Waals surface area contributed by atoms with Gasteiger partial charge in [-0.05, 0) is 76.4 Å². The van der Waals surface area contributed by atoms with Gasteiger partial charge >= 0.3 is 5.97 Å². The van der Waals surface area contributed by atoms with E-state index in [1.165, 1.54) is 35.6 Å². The van der Waals surface area contributed by atoms with E-state index in [0.717, 1.165) is 11.1 Å². The Kier molecular flexibility index (Phi) is 14.2. The number of carbonyl (C=O) groups excluding carboxylic acids is 5. The Morgan fingerprint density at radius 1 is 0.600 bits per heavy atom. The molecule has 2 aliphatic heterocycles. The number of phenolic OH excluding ortho intramolecular Hbond substituents is 1. The molecule has 1 aromatic heterocycles. The number of aliphatic carboxylic acids is 1. The number of aliphatic hydroxyl groups is 2. The Labute approximate surface area is 349 Å². The molecule has 15 heteroatoms. The molecule has 3 heterocycles. The summed E-state index contributed by atoms with van der Waals surface area (Å²) in [6.07, 6.45) is -5.25. The maximum atomic E-state index is 14.4. The van der Waals surface area contributed by atoms with Gasteiger partial charge in [0.05, 0.1) is 12.0 Å². The standard InChI is InChI=1S/C45H44N4O10S/c50-33-9-4-8-30(23-33)29-15-11-28(12-16-29)22-36-41(54)47-35(21-26-6-2-1-3-7-26)38(51)24-31(45(58)59)20-27-13-17-32(18-14-27)46-43(56)39(52)40(53)44(57)49-37(42(55)48-36)25-34-10-5-19-60-34/h1-19,23,31,35-37,39-40,50,52-53H,20-22,24-25H2,(H,46,56)(H,47,54)(H,48,55)(H,49,57)(H,58,59)/t31-,35-,36+,37-,39-,40-/m1/s1. The Hall–Kier alpha value is -6.68. The van der Waals surface area contributed by atoms with Crippen molar-refractivity contribution in [2.75, 3.05) is 5.32 Å². The van der Waals surface area contributed by atoms with E-state index in [1.807, 2.05) is 6.07 Å². The van der Waals surface area contributed by atoms with E-state index < -0.39 is 78.1 Å². The van der Waals surface area contributed by atoms with E-state index in [-0.39, 0.29) is 37.1 Å². The van der Waals surface area contributed by atoms with E-state index in [2.05, 4.69) is 21.3 Å². The van der Waals surface area contributed by atoms with E-state index in [0.29, 0.717) is 21.6 Å². The fourth-order valence-electron chi connectivity index (χ4n) is 6.84. The van der Waals surface area contributed by atoms with Crippen molar-refractivity contribution in [2.24, 2.45) is 5.92 Å². The molecule has 2 aliphatic rings. The maximum Gasteiger partial charge on any atom is 0.307 e. The number of aliphatic hydroxyl groups excluding tert-OH is 2. The predicted molar refractivity (Wildman–Crippen MR) is 223 cm³/mol. The number of fused-ring (bicyclic) bond motifs is 18. The number of Topliss-reactive ketones (excluding diaryl/α,β-unsaturated/α-hetero) is 1. The van der Waals surface area contributed by atoms with Gasteiger partial charge in [0.15, 0.2) is 18.0 Å². The fraction of sp³-hybridized carbons (Fsp3) is 0.244. The molecule has 2 bridgehead atoms. The van der Waals surface area contributed by atoms with Gasteiger partial charge in [0.25, 0.3) is 11.8 Å². The number of ketones is 1. The first-order chi connectivity index (χ1) is 28.8. The number of hydrogen-bond acceptors (Lipinski definition) is 10. The molecule has 8 N–H and O–H groups in total. The van der Waals surface area contributed by atoms with Gasteiger partial charge in [-0.3, -0.25) is 28.8 Å². The SMILES string of the molecule is O=C(O)[C@H]1CC(=O)[C@@H](Cc2ccccc2)NC(=O)[C@H](Cc2ccc(-c3cccc(O)c3)cc2)NC(=O)[C@@H](Cc2cccs2)NC(=O)[C@H](O)[C@@H](O)C(=O)Nc2ccc(cc2)C1. The van der Waals surface area contributed by atoms with Gasteiger partial charge in [0.1, 0.15) is 17.8 Å². The monoisotopic (exact) mass is 832 g/mol. The van der Waals surface area contributed by atoms with E-state index in [9.17, 15) is 49.2 Å². The second-order valence-electron chi connectivity index (χ2n) is 14.6. The molecule has 0 radical (unpaired) electrons. The van der Waals surface area contributed by atoms with Crippen LogP contribution in [-0.4, -0.2) is 86.1 Å². The number of rotatable bonds is 8. The molecule has 0 fully saturated rings. The lowest BCUT2D eigenvalue weighted by Gasteiger charge is -2.26. The largest absolute Gasteiger partial charge is 0.508 e. The number of carboxylic acid groups (broad SMARTS) is 1. The summed E-state index contributed by atoms with van der Waals surface area (Å²) in [5.41, 5.74) is 3.47. The highest BCUT2D eigenvalue weighted by Crippen LogP contribution is 2.24. The van der Waals surface area contributed by atoms with Crippen LogP contribution in [0.2, 0.25) is 0 Å². The van der Waals surface area contributed by atoms with Gasteiger partial charge in [-0.1, -0.05) is 84.9 Å². The van der Waals surface area contributed by atoms with Crippen molar-refractivity contribution in [3.8, 4) is 16.9 Å². The zero-order valence-corrected chi connectivity index (χ0v) is 33.0. The van der Waals surface area contributed by atoms with Gasteiger partial charge in [-0.15, -0.1) is 11.3 Å². The first kappa shape index (κ1) is 42.9. The number of thiophene rings is 1. The van der Waals surface area contributed by atoms with Crippen molar-refractivity contribution in [1.29, 1.82) is 0 Å². The highest BCUT2D eigenvalue weighted by Gasteiger charge is 2.36. The van der Waals surface area contributed by atoms with Crippen LogP contribution in [0.3, 0.4) is 0 Å². The van der Waals surface area contributed by atoms with Crippen molar-refractivity contribution >= 4 is 52.4 Å².